The van der Waals surface area contributed by atoms with Crippen molar-refractivity contribution < 1.29 is 19.4 Å². The van der Waals surface area contributed by atoms with Gasteiger partial charge in [-0.1, -0.05) is 51.1 Å². The summed E-state index contributed by atoms with van der Waals surface area (Å²) in [6.07, 6.45) is 0.638. The number of carboxylic acids is 1. The number of nitrogens with zero attached hydrogens (tertiary/aromatic N) is 2. The number of carbonyl (C=O) groups excluding carboxylic acids is 1. The summed E-state index contributed by atoms with van der Waals surface area (Å²) in [5.41, 5.74) is 1.16. The van der Waals surface area contributed by atoms with E-state index in [0.717, 1.165) is 12.0 Å². The highest BCUT2D eigenvalue weighted by Crippen LogP contribution is 2.29. The van der Waals surface area contributed by atoms with Crippen LogP contribution in [-0.4, -0.2) is 72.8 Å². The molecule has 0 spiro atoms. The lowest BCUT2D eigenvalue weighted by atomic mass is 9.85. The zero-order valence-electron chi connectivity index (χ0n) is 17.4. The highest BCUT2D eigenvalue weighted by molar-refractivity contribution is 5.75. The highest BCUT2D eigenvalue weighted by Gasteiger charge is 2.28. The Bertz CT molecular complexity index is 645. The third-order valence-electron chi connectivity index (χ3n) is 4.66. The monoisotopic (exact) mass is 391 g/mol. The maximum Gasteiger partial charge on any atom is 0.318 e. The van der Waals surface area contributed by atoms with Crippen LogP contribution in [0.1, 0.15) is 38.8 Å². The van der Waals surface area contributed by atoms with Gasteiger partial charge in [0.1, 0.15) is 0 Å². The van der Waals surface area contributed by atoms with Crippen molar-refractivity contribution in [3.63, 3.8) is 0 Å². The summed E-state index contributed by atoms with van der Waals surface area (Å²) < 4.78 is 5.72. The molecule has 2 atom stereocenters. The minimum Gasteiger partial charge on any atom is -0.480 e. The first-order valence-electron chi connectivity index (χ1n) is 9.76. The molecule has 1 aliphatic rings. The quantitative estimate of drug-likeness (QED) is 0.747. The number of benzene rings is 1. The van der Waals surface area contributed by atoms with Crippen molar-refractivity contribution in [2.24, 2.45) is 5.41 Å². The summed E-state index contributed by atoms with van der Waals surface area (Å²) in [5, 5.41) is 12.1. The van der Waals surface area contributed by atoms with Crippen molar-refractivity contribution in [2.45, 2.75) is 39.3 Å². The van der Waals surface area contributed by atoms with Crippen LogP contribution in [0.25, 0.3) is 0 Å². The molecule has 1 aromatic carbocycles. The van der Waals surface area contributed by atoms with Crippen LogP contribution in [0.15, 0.2) is 30.3 Å². The summed E-state index contributed by atoms with van der Waals surface area (Å²) in [7, 11) is 1.74. The summed E-state index contributed by atoms with van der Waals surface area (Å²) in [6, 6.07) is 9.86. The Morgan fingerprint density at radius 1 is 1.32 bits per heavy atom. The molecule has 2 unspecified atom stereocenters. The molecule has 0 radical (unpaired) electrons. The van der Waals surface area contributed by atoms with Gasteiger partial charge in [-0.05, 0) is 24.4 Å². The summed E-state index contributed by atoms with van der Waals surface area (Å²) in [6.45, 7) is 8.35. The van der Waals surface area contributed by atoms with Crippen molar-refractivity contribution in [3.8, 4) is 0 Å². The normalized spacial score (nSPS) is 18.8. The molecule has 2 amide bonds. The molecule has 1 saturated heterocycles. The van der Waals surface area contributed by atoms with E-state index in [2.05, 4.69) is 26.1 Å². The van der Waals surface area contributed by atoms with Gasteiger partial charge in [0.15, 0.2) is 0 Å². The topological polar surface area (TPSA) is 82.1 Å². The molecule has 0 bridgehead atoms. The second-order valence-electron chi connectivity index (χ2n) is 8.71. The lowest BCUT2D eigenvalue weighted by molar-refractivity contribution is -0.138. The van der Waals surface area contributed by atoms with E-state index in [1.807, 2.05) is 30.3 Å². The van der Waals surface area contributed by atoms with Crippen molar-refractivity contribution in [1.82, 2.24) is 15.1 Å². The van der Waals surface area contributed by atoms with E-state index in [9.17, 15) is 9.59 Å². The van der Waals surface area contributed by atoms with Crippen molar-refractivity contribution in [1.29, 1.82) is 0 Å². The lowest BCUT2D eigenvalue weighted by Crippen LogP contribution is -2.53. The molecular formula is C21H33N3O4. The Balaban J connectivity index is 1.99. The van der Waals surface area contributed by atoms with Gasteiger partial charge in [0.05, 0.1) is 25.3 Å². The average molecular weight is 392 g/mol. The fourth-order valence-electron chi connectivity index (χ4n) is 3.45. The maximum absolute atomic E-state index is 12.9. The van der Waals surface area contributed by atoms with Crippen molar-refractivity contribution in [3.05, 3.63) is 35.9 Å². The number of carboxylic acid groups (broad SMARTS) is 1. The van der Waals surface area contributed by atoms with Gasteiger partial charge >= 0.3 is 12.0 Å². The molecule has 0 aliphatic carbocycles. The molecule has 0 aromatic heterocycles. The van der Waals surface area contributed by atoms with Crippen LogP contribution in [0.3, 0.4) is 0 Å². The number of amides is 2. The number of morpholine rings is 1. The number of aliphatic carboxylic acids is 1. The number of ether oxygens (including phenoxy) is 1. The SMILES string of the molecule is CN(CC(=O)O)CC1CN(C(=O)NC(CC(C)(C)C)c2ccccc2)CCO1. The van der Waals surface area contributed by atoms with E-state index in [1.165, 1.54) is 0 Å². The standard InChI is InChI=1S/C21H33N3O4/c1-21(2,3)12-18(16-8-6-5-7-9-16)22-20(27)24-10-11-28-17(14-24)13-23(4)15-19(25)26/h5-9,17-18H,10-15H2,1-4H3,(H,22,27)(H,25,26). The molecule has 7 nitrogen and oxygen atoms in total. The Morgan fingerprint density at radius 2 is 2.00 bits per heavy atom. The van der Waals surface area contributed by atoms with E-state index >= 15 is 0 Å². The number of nitrogens with one attached hydrogen (secondary N) is 1. The second kappa shape index (κ2) is 9.89. The fraction of sp³-hybridized carbons (Fsp3) is 0.619. The number of hydrogen-bond donors (Lipinski definition) is 2. The minimum absolute atomic E-state index is 0.0479. The van der Waals surface area contributed by atoms with Gasteiger partial charge in [0, 0.05) is 19.6 Å². The van der Waals surface area contributed by atoms with Crippen LogP contribution in [0, 0.1) is 5.41 Å². The molecular weight excluding hydrogens is 358 g/mol. The highest BCUT2D eigenvalue weighted by atomic mass is 16.5. The van der Waals surface area contributed by atoms with Gasteiger partial charge in [0.2, 0.25) is 0 Å². The Labute approximate surface area is 167 Å². The molecule has 0 saturated carbocycles. The first-order chi connectivity index (χ1) is 13.1. The number of likely N-dealkylation sites (N-methyl/N-ethyl adjacent to an activating group) is 1. The van der Waals surface area contributed by atoms with E-state index in [4.69, 9.17) is 9.84 Å². The van der Waals surface area contributed by atoms with Crippen LogP contribution in [0.4, 0.5) is 4.79 Å². The molecule has 1 aromatic rings. The third kappa shape index (κ3) is 7.48. The van der Waals surface area contributed by atoms with Crippen LogP contribution in [0.5, 0.6) is 0 Å². The summed E-state index contributed by atoms with van der Waals surface area (Å²) >= 11 is 0. The van der Waals surface area contributed by atoms with Gasteiger partial charge in [-0.2, -0.15) is 0 Å². The van der Waals surface area contributed by atoms with Crippen molar-refractivity contribution >= 4 is 12.0 Å². The molecule has 156 valence electrons. The molecule has 7 heteroatoms. The Hall–Kier alpha value is -2.12. The third-order valence-corrected chi connectivity index (χ3v) is 4.66. The smallest absolute Gasteiger partial charge is 0.318 e. The van der Waals surface area contributed by atoms with E-state index in [-0.39, 0.29) is 30.1 Å². The molecule has 28 heavy (non-hydrogen) atoms. The molecule has 1 aliphatic heterocycles. The lowest BCUT2D eigenvalue weighted by Gasteiger charge is -2.36. The van der Waals surface area contributed by atoms with Crippen LogP contribution >= 0.6 is 0 Å². The molecule has 2 rings (SSSR count). The average Bonchev–Trinajstić information content (AvgIpc) is 2.60. The number of urea groups is 1. The summed E-state index contributed by atoms with van der Waals surface area (Å²) in [4.78, 5) is 27.2. The fourth-order valence-corrected chi connectivity index (χ4v) is 3.45. The minimum atomic E-state index is -0.874. The van der Waals surface area contributed by atoms with Crippen LogP contribution in [0.2, 0.25) is 0 Å². The number of hydrogen-bond acceptors (Lipinski definition) is 4. The van der Waals surface area contributed by atoms with Gasteiger partial charge < -0.3 is 20.1 Å². The molecule has 1 fully saturated rings. The summed E-state index contributed by atoms with van der Waals surface area (Å²) in [5.74, 6) is -0.874. The number of carbonyl (C=O) groups is 2. The van der Waals surface area contributed by atoms with Crippen LogP contribution < -0.4 is 5.32 Å². The van der Waals surface area contributed by atoms with Crippen molar-refractivity contribution in [2.75, 3.05) is 39.8 Å². The first-order valence-corrected chi connectivity index (χ1v) is 9.76. The first kappa shape index (κ1) is 22.2. The predicted octanol–water partition coefficient (Wildman–Crippen LogP) is 2.59. The molecule has 2 N–H and O–H groups in total. The van der Waals surface area contributed by atoms with Crippen LogP contribution in [-0.2, 0) is 9.53 Å². The van der Waals surface area contributed by atoms with Gasteiger partial charge in [0.25, 0.3) is 0 Å². The zero-order chi connectivity index (χ0) is 20.7. The van der Waals surface area contributed by atoms with E-state index in [1.54, 1.807) is 16.8 Å². The van der Waals surface area contributed by atoms with Gasteiger partial charge in [-0.15, -0.1) is 0 Å². The van der Waals surface area contributed by atoms with E-state index in [0.29, 0.717) is 26.2 Å². The largest absolute Gasteiger partial charge is 0.480 e. The second-order valence-corrected chi connectivity index (χ2v) is 8.71. The van der Waals surface area contributed by atoms with Gasteiger partial charge in [-0.3, -0.25) is 9.69 Å². The van der Waals surface area contributed by atoms with E-state index < -0.39 is 5.97 Å². The van der Waals surface area contributed by atoms with Gasteiger partial charge in [-0.25, -0.2) is 4.79 Å². The maximum atomic E-state index is 12.9. The number of rotatable bonds is 7. The Kier molecular flexibility index (Phi) is 7.83. The predicted molar refractivity (Wildman–Crippen MR) is 108 cm³/mol. The Morgan fingerprint density at radius 3 is 2.61 bits per heavy atom. The zero-order valence-corrected chi connectivity index (χ0v) is 17.4. The molecule has 1 heterocycles.